The van der Waals surface area contributed by atoms with Crippen LogP contribution in [0.3, 0.4) is 0 Å². The predicted molar refractivity (Wildman–Crippen MR) is 49.8 cm³/mol. The van der Waals surface area contributed by atoms with Crippen LogP contribution in [0.5, 0.6) is 0 Å². The summed E-state index contributed by atoms with van der Waals surface area (Å²) in [6.45, 7) is 3.98. The molecule has 2 rings (SSSR count). The molecule has 0 bridgehead atoms. The van der Waals surface area contributed by atoms with Crippen molar-refractivity contribution < 1.29 is 0 Å². The minimum atomic E-state index is 1.14. The topological polar surface area (TPSA) is 0 Å². The number of benzene rings is 1. The Labute approximate surface area is 71.3 Å². The zero-order valence-electron chi connectivity index (χ0n) is 6.34. The molecule has 1 heterocycles. The number of thioether (sulfide) groups is 1. The molecule has 1 heteroatoms. The molecular formula is C10H10S. The molecule has 1 aromatic carbocycles. The Morgan fingerprint density at radius 1 is 1.18 bits per heavy atom. The van der Waals surface area contributed by atoms with Gasteiger partial charge in [0, 0.05) is 4.90 Å². The van der Waals surface area contributed by atoms with Crippen LogP contribution in [-0.2, 0) is 6.42 Å². The molecule has 56 valence electrons. The van der Waals surface area contributed by atoms with E-state index in [-0.39, 0.29) is 0 Å². The molecule has 1 aliphatic rings. The Bertz CT molecular complexity index is 289. The summed E-state index contributed by atoms with van der Waals surface area (Å²) in [6.07, 6.45) is 2.31. The predicted octanol–water partition coefficient (Wildman–Crippen LogP) is 3.24. The van der Waals surface area contributed by atoms with Crippen LogP contribution in [0.15, 0.2) is 40.6 Å². The van der Waals surface area contributed by atoms with Crippen LogP contribution < -0.4 is 0 Å². The Morgan fingerprint density at radius 3 is 2.91 bits per heavy atom. The summed E-state index contributed by atoms with van der Waals surface area (Å²) < 4.78 is 0. The molecule has 0 nitrogen and oxygen atoms in total. The third kappa shape index (κ3) is 1.33. The lowest BCUT2D eigenvalue weighted by Crippen LogP contribution is -1.94. The molecule has 11 heavy (non-hydrogen) atoms. The molecule has 1 aliphatic heterocycles. The lowest BCUT2D eigenvalue weighted by atomic mass is 10.1. The van der Waals surface area contributed by atoms with Gasteiger partial charge in [-0.05, 0) is 29.4 Å². The van der Waals surface area contributed by atoms with Crippen LogP contribution in [0.4, 0.5) is 0 Å². The van der Waals surface area contributed by atoms with E-state index in [2.05, 4.69) is 30.8 Å². The van der Waals surface area contributed by atoms with Gasteiger partial charge in [0.15, 0.2) is 0 Å². The molecule has 0 fully saturated rings. The minimum absolute atomic E-state index is 1.14. The maximum Gasteiger partial charge on any atom is 0.0151 e. The fourth-order valence-electron chi connectivity index (χ4n) is 1.29. The Morgan fingerprint density at radius 2 is 2.00 bits per heavy atom. The van der Waals surface area contributed by atoms with Gasteiger partial charge in [-0.1, -0.05) is 36.5 Å². The van der Waals surface area contributed by atoms with Crippen molar-refractivity contribution in [3.05, 3.63) is 41.3 Å². The fraction of sp³-hybridized carbons (Fsp3) is 0.200. The third-order valence-corrected chi connectivity index (χ3v) is 3.01. The molecule has 1 aromatic rings. The van der Waals surface area contributed by atoms with E-state index >= 15 is 0 Å². The SMILES string of the molecule is C=C1CCc2ccccc2S1. The van der Waals surface area contributed by atoms with Gasteiger partial charge >= 0.3 is 0 Å². The summed E-state index contributed by atoms with van der Waals surface area (Å²) in [5, 5.41) is 0. The van der Waals surface area contributed by atoms with Crippen molar-refractivity contribution in [1.82, 2.24) is 0 Å². The minimum Gasteiger partial charge on any atom is -0.0949 e. The summed E-state index contributed by atoms with van der Waals surface area (Å²) in [7, 11) is 0. The first-order valence-electron chi connectivity index (χ1n) is 3.80. The lowest BCUT2D eigenvalue weighted by Gasteiger charge is -2.15. The first-order valence-corrected chi connectivity index (χ1v) is 4.61. The molecule has 0 N–H and O–H groups in total. The van der Waals surface area contributed by atoms with E-state index in [4.69, 9.17) is 0 Å². The first-order chi connectivity index (χ1) is 5.36. The lowest BCUT2D eigenvalue weighted by molar-refractivity contribution is 0.944. The second kappa shape index (κ2) is 2.74. The molecule has 0 radical (unpaired) electrons. The quantitative estimate of drug-likeness (QED) is 0.564. The summed E-state index contributed by atoms with van der Waals surface area (Å²) in [5.41, 5.74) is 1.48. The molecule has 0 atom stereocenters. The van der Waals surface area contributed by atoms with Gasteiger partial charge in [-0.25, -0.2) is 0 Å². The molecule has 0 aliphatic carbocycles. The highest BCUT2D eigenvalue weighted by atomic mass is 32.2. The van der Waals surface area contributed by atoms with Gasteiger partial charge < -0.3 is 0 Å². The van der Waals surface area contributed by atoms with Crippen molar-refractivity contribution in [2.24, 2.45) is 0 Å². The maximum atomic E-state index is 3.98. The van der Waals surface area contributed by atoms with Crippen LogP contribution in [-0.4, -0.2) is 0 Å². The normalized spacial score (nSPS) is 16.2. The van der Waals surface area contributed by atoms with Crippen LogP contribution in [0.25, 0.3) is 0 Å². The zero-order valence-corrected chi connectivity index (χ0v) is 7.16. The molecule has 0 saturated heterocycles. The number of hydrogen-bond donors (Lipinski definition) is 0. The number of hydrogen-bond acceptors (Lipinski definition) is 1. The zero-order chi connectivity index (χ0) is 7.68. The van der Waals surface area contributed by atoms with Crippen molar-refractivity contribution in [3.8, 4) is 0 Å². The van der Waals surface area contributed by atoms with Crippen molar-refractivity contribution in [1.29, 1.82) is 0 Å². The Balaban J connectivity index is 2.41. The molecular weight excluding hydrogens is 152 g/mol. The molecule has 0 aromatic heterocycles. The van der Waals surface area contributed by atoms with Gasteiger partial charge in [0.25, 0.3) is 0 Å². The smallest absolute Gasteiger partial charge is 0.0151 e. The first kappa shape index (κ1) is 6.99. The summed E-state index contributed by atoms with van der Waals surface area (Å²) in [6, 6.07) is 8.57. The largest absolute Gasteiger partial charge is 0.0949 e. The van der Waals surface area contributed by atoms with Gasteiger partial charge in [-0.3, -0.25) is 0 Å². The van der Waals surface area contributed by atoms with E-state index in [0.29, 0.717) is 0 Å². The summed E-state index contributed by atoms with van der Waals surface area (Å²) in [4.78, 5) is 2.69. The van der Waals surface area contributed by atoms with Crippen molar-refractivity contribution >= 4 is 11.8 Å². The van der Waals surface area contributed by atoms with E-state index in [9.17, 15) is 0 Å². The number of aryl methyl sites for hydroxylation is 1. The summed E-state index contributed by atoms with van der Waals surface area (Å²) >= 11 is 1.82. The summed E-state index contributed by atoms with van der Waals surface area (Å²) in [5.74, 6) is 0. The van der Waals surface area contributed by atoms with E-state index in [0.717, 1.165) is 6.42 Å². The van der Waals surface area contributed by atoms with Gasteiger partial charge in [-0.15, -0.1) is 0 Å². The number of allylic oxidation sites excluding steroid dienone is 1. The van der Waals surface area contributed by atoms with Crippen molar-refractivity contribution in [2.75, 3.05) is 0 Å². The van der Waals surface area contributed by atoms with E-state index in [1.165, 1.54) is 21.8 Å². The number of rotatable bonds is 0. The number of fused-ring (bicyclic) bond motifs is 1. The van der Waals surface area contributed by atoms with Crippen LogP contribution in [0, 0.1) is 0 Å². The molecule has 0 spiro atoms. The van der Waals surface area contributed by atoms with Crippen LogP contribution in [0.1, 0.15) is 12.0 Å². The van der Waals surface area contributed by atoms with Crippen LogP contribution in [0.2, 0.25) is 0 Å². The van der Waals surface area contributed by atoms with E-state index < -0.39 is 0 Å². The van der Waals surface area contributed by atoms with E-state index in [1.54, 1.807) is 0 Å². The van der Waals surface area contributed by atoms with Crippen molar-refractivity contribution in [3.63, 3.8) is 0 Å². The second-order valence-corrected chi connectivity index (χ2v) is 3.97. The molecule has 0 saturated carbocycles. The van der Waals surface area contributed by atoms with Gasteiger partial charge in [-0.2, -0.15) is 0 Å². The standard InChI is InChI=1S/C10H10S/c1-8-6-7-9-4-2-3-5-10(9)11-8/h2-5H,1,6-7H2. The monoisotopic (exact) mass is 162 g/mol. The van der Waals surface area contributed by atoms with E-state index in [1.807, 2.05) is 11.8 Å². The highest BCUT2D eigenvalue weighted by Crippen LogP contribution is 2.36. The maximum absolute atomic E-state index is 3.98. The fourth-order valence-corrected chi connectivity index (χ4v) is 2.25. The second-order valence-electron chi connectivity index (χ2n) is 2.75. The molecule has 0 amide bonds. The highest BCUT2D eigenvalue weighted by Gasteiger charge is 2.10. The molecule has 0 unspecified atom stereocenters. The Kier molecular flexibility index (Phi) is 1.74. The average Bonchev–Trinajstić information content (AvgIpc) is 2.04. The Hall–Kier alpha value is -0.690. The van der Waals surface area contributed by atoms with Crippen LogP contribution >= 0.6 is 11.8 Å². The van der Waals surface area contributed by atoms with Crippen molar-refractivity contribution in [2.45, 2.75) is 17.7 Å². The van der Waals surface area contributed by atoms with Gasteiger partial charge in [0.05, 0.1) is 0 Å². The van der Waals surface area contributed by atoms with Gasteiger partial charge in [0.1, 0.15) is 0 Å². The third-order valence-electron chi connectivity index (χ3n) is 1.90. The van der Waals surface area contributed by atoms with Gasteiger partial charge in [0.2, 0.25) is 0 Å². The average molecular weight is 162 g/mol. The highest BCUT2D eigenvalue weighted by molar-refractivity contribution is 8.03.